The average Bonchev–Trinajstić information content (AvgIpc) is 2.53. The van der Waals surface area contributed by atoms with Crippen LogP contribution in [-0.2, 0) is 0 Å². The minimum absolute atomic E-state index is 0.0115. The van der Waals surface area contributed by atoms with E-state index in [9.17, 15) is 4.79 Å². The first kappa shape index (κ1) is 13.5. The van der Waals surface area contributed by atoms with Gasteiger partial charge < -0.3 is 10.1 Å². The smallest absolute Gasteiger partial charge is 0.254 e. The molecule has 1 aromatic carbocycles. The second kappa shape index (κ2) is 5.52. The van der Waals surface area contributed by atoms with Gasteiger partial charge in [0.05, 0.1) is 16.8 Å². The fourth-order valence-corrected chi connectivity index (χ4v) is 2.81. The molecule has 2 heterocycles. The third-order valence-corrected chi connectivity index (χ3v) is 4.00. The van der Waals surface area contributed by atoms with Gasteiger partial charge in [-0.2, -0.15) is 0 Å². The summed E-state index contributed by atoms with van der Waals surface area (Å²) in [6.45, 7) is 3.13. The van der Waals surface area contributed by atoms with E-state index in [4.69, 9.17) is 5.21 Å². The predicted molar refractivity (Wildman–Crippen MR) is 80.6 cm³/mol. The van der Waals surface area contributed by atoms with Crippen LogP contribution in [0.25, 0.3) is 10.9 Å². The summed E-state index contributed by atoms with van der Waals surface area (Å²) in [6, 6.07) is 9.42. The van der Waals surface area contributed by atoms with Gasteiger partial charge in [0.25, 0.3) is 5.91 Å². The first-order chi connectivity index (χ1) is 10.2. The Bertz CT molecular complexity index is 706. The average molecular weight is 283 g/mol. The number of carbonyl (C=O) groups is 1. The highest BCUT2D eigenvalue weighted by Gasteiger charge is 2.27. The van der Waals surface area contributed by atoms with Crippen molar-refractivity contribution < 1.29 is 10.0 Å². The van der Waals surface area contributed by atoms with E-state index in [0.29, 0.717) is 25.1 Å². The van der Waals surface area contributed by atoms with Gasteiger partial charge in [0.1, 0.15) is 0 Å². The first-order valence-corrected chi connectivity index (χ1v) is 7.04. The maximum atomic E-state index is 12.8. The summed E-state index contributed by atoms with van der Waals surface area (Å²) in [6.07, 6.45) is 2.29. The zero-order chi connectivity index (χ0) is 14.8. The van der Waals surface area contributed by atoms with Gasteiger partial charge in [-0.15, -0.1) is 0 Å². The van der Waals surface area contributed by atoms with Gasteiger partial charge in [0, 0.05) is 37.0 Å². The highest BCUT2D eigenvalue weighted by molar-refractivity contribution is 6.06. The summed E-state index contributed by atoms with van der Waals surface area (Å²) in [5, 5.41) is 13.1. The molecule has 1 aromatic heterocycles. The predicted octanol–water partition coefficient (Wildman–Crippen LogP) is 2.55. The highest BCUT2D eigenvalue weighted by atomic mass is 16.4. The van der Waals surface area contributed by atoms with E-state index in [1.165, 1.54) is 0 Å². The van der Waals surface area contributed by atoms with E-state index in [0.717, 1.165) is 16.6 Å². The van der Waals surface area contributed by atoms with Crippen molar-refractivity contribution in [1.82, 2.24) is 9.88 Å². The fourth-order valence-electron chi connectivity index (χ4n) is 2.81. The lowest BCUT2D eigenvalue weighted by Gasteiger charge is -2.31. The Morgan fingerprint density at radius 3 is 2.95 bits per heavy atom. The third kappa shape index (κ3) is 2.46. The molecular formula is C16H17N3O2. The van der Waals surface area contributed by atoms with Gasteiger partial charge in [0.2, 0.25) is 0 Å². The molecule has 2 aromatic rings. The van der Waals surface area contributed by atoms with Crippen LogP contribution in [0.15, 0.2) is 41.7 Å². The molecule has 0 spiro atoms. The molecule has 1 N–H and O–H groups in total. The number of hydrogen-bond acceptors (Lipinski definition) is 4. The Hall–Kier alpha value is -2.43. The number of amides is 1. The maximum absolute atomic E-state index is 12.8. The maximum Gasteiger partial charge on any atom is 0.254 e. The van der Waals surface area contributed by atoms with Crippen molar-refractivity contribution in [3.63, 3.8) is 0 Å². The molecule has 1 atom stereocenters. The molecule has 1 fully saturated rings. The Labute approximate surface area is 122 Å². The van der Waals surface area contributed by atoms with Gasteiger partial charge >= 0.3 is 0 Å². The molecule has 1 unspecified atom stereocenters. The van der Waals surface area contributed by atoms with Crippen LogP contribution in [-0.4, -0.2) is 39.8 Å². The Balaban J connectivity index is 1.91. The topological polar surface area (TPSA) is 65.8 Å². The lowest BCUT2D eigenvalue weighted by molar-refractivity contribution is 0.0736. The number of aromatic nitrogens is 1. The standard InChI is InChI=1S/C16H17N3O2/c1-11-10-19(9-7-14(11)18-21)16(20)13-6-8-17-15-5-3-2-4-12(13)15/h2-6,8,11,21H,7,9-10H2,1H3/b18-14+. The molecule has 5 nitrogen and oxygen atoms in total. The number of benzene rings is 1. The van der Waals surface area contributed by atoms with E-state index in [1.54, 1.807) is 12.3 Å². The number of hydrogen-bond donors (Lipinski definition) is 1. The Kier molecular flexibility index (Phi) is 3.56. The number of nitrogens with zero attached hydrogens (tertiary/aromatic N) is 3. The summed E-state index contributed by atoms with van der Waals surface area (Å²) in [5.74, 6) is 0.0956. The minimum Gasteiger partial charge on any atom is -0.411 e. The van der Waals surface area contributed by atoms with Crippen molar-refractivity contribution in [2.45, 2.75) is 13.3 Å². The van der Waals surface area contributed by atoms with Crippen LogP contribution in [0, 0.1) is 5.92 Å². The van der Waals surface area contributed by atoms with Gasteiger partial charge in [0.15, 0.2) is 0 Å². The van der Waals surface area contributed by atoms with Crippen molar-refractivity contribution in [2.75, 3.05) is 13.1 Å². The SMILES string of the molecule is CC1CN(C(=O)c2ccnc3ccccc23)CC/C1=N\O. The first-order valence-electron chi connectivity index (χ1n) is 7.04. The Morgan fingerprint density at radius 1 is 1.38 bits per heavy atom. The molecule has 0 saturated carbocycles. The van der Waals surface area contributed by atoms with Crippen molar-refractivity contribution in [2.24, 2.45) is 11.1 Å². The fraction of sp³-hybridized carbons (Fsp3) is 0.312. The van der Waals surface area contributed by atoms with E-state index in [1.807, 2.05) is 36.1 Å². The monoisotopic (exact) mass is 283 g/mol. The second-order valence-electron chi connectivity index (χ2n) is 5.37. The zero-order valence-electron chi connectivity index (χ0n) is 11.9. The van der Waals surface area contributed by atoms with E-state index in [-0.39, 0.29) is 11.8 Å². The van der Waals surface area contributed by atoms with Crippen LogP contribution in [0.1, 0.15) is 23.7 Å². The molecule has 1 aliphatic heterocycles. The minimum atomic E-state index is 0.0115. The molecule has 0 aliphatic carbocycles. The number of rotatable bonds is 1. The number of oxime groups is 1. The lowest BCUT2D eigenvalue weighted by atomic mass is 9.96. The molecule has 1 amide bonds. The molecule has 1 saturated heterocycles. The number of pyridine rings is 1. The molecule has 21 heavy (non-hydrogen) atoms. The van der Waals surface area contributed by atoms with Crippen LogP contribution in [0.3, 0.4) is 0 Å². The normalized spacial score (nSPS) is 20.9. The number of fused-ring (bicyclic) bond motifs is 1. The van der Waals surface area contributed by atoms with E-state index in [2.05, 4.69) is 10.1 Å². The largest absolute Gasteiger partial charge is 0.411 e. The van der Waals surface area contributed by atoms with Gasteiger partial charge in [-0.05, 0) is 12.1 Å². The molecule has 1 aliphatic rings. The number of para-hydroxylation sites is 1. The lowest BCUT2D eigenvalue weighted by Crippen LogP contribution is -2.43. The summed E-state index contributed by atoms with van der Waals surface area (Å²) in [5.41, 5.74) is 2.27. The van der Waals surface area contributed by atoms with Crippen LogP contribution >= 0.6 is 0 Å². The quantitative estimate of drug-likeness (QED) is 0.646. The third-order valence-electron chi connectivity index (χ3n) is 4.00. The summed E-state index contributed by atoms with van der Waals surface area (Å²) in [7, 11) is 0. The molecular weight excluding hydrogens is 266 g/mol. The van der Waals surface area contributed by atoms with Crippen molar-refractivity contribution in [3.8, 4) is 0 Å². The van der Waals surface area contributed by atoms with E-state index >= 15 is 0 Å². The highest BCUT2D eigenvalue weighted by Crippen LogP contribution is 2.21. The molecule has 108 valence electrons. The Morgan fingerprint density at radius 2 is 2.19 bits per heavy atom. The van der Waals surface area contributed by atoms with Crippen molar-refractivity contribution in [1.29, 1.82) is 0 Å². The second-order valence-corrected chi connectivity index (χ2v) is 5.37. The van der Waals surface area contributed by atoms with Crippen LogP contribution < -0.4 is 0 Å². The number of piperidine rings is 1. The zero-order valence-corrected chi connectivity index (χ0v) is 11.9. The van der Waals surface area contributed by atoms with Gasteiger partial charge in [-0.3, -0.25) is 9.78 Å². The van der Waals surface area contributed by atoms with Crippen LogP contribution in [0.4, 0.5) is 0 Å². The van der Waals surface area contributed by atoms with Gasteiger partial charge in [-0.25, -0.2) is 0 Å². The van der Waals surface area contributed by atoms with Crippen molar-refractivity contribution >= 4 is 22.5 Å². The van der Waals surface area contributed by atoms with Crippen molar-refractivity contribution in [3.05, 3.63) is 42.1 Å². The molecule has 0 radical (unpaired) electrons. The van der Waals surface area contributed by atoms with Gasteiger partial charge in [-0.1, -0.05) is 30.3 Å². The molecule has 0 bridgehead atoms. The number of likely N-dealkylation sites (tertiary alicyclic amines) is 1. The number of carbonyl (C=O) groups excluding carboxylic acids is 1. The summed E-state index contributed by atoms with van der Waals surface area (Å²) < 4.78 is 0. The summed E-state index contributed by atoms with van der Waals surface area (Å²) in [4.78, 5) is 18.9. The molecule has 3 rings (SSSR count). The van der Waals surface area contributed by atoms with Crippen LogP contribution in [0.2, 0.25) is 0 Å². The van der Waals surface area contributed by atoms with Crippen LogP contribution in [0.5, 0.6) is 0 Å². The van der Waals surface area contributed by atoms with E-state index < -0.39 is 0 Å². The summed E-state index contributed by atoms with van der Waals surface area (Å²) >= 11 is 0. The molecule has 5 heteroatoms.